The van der Waals surface area contributed by atoms with Gasteiger partial charge in [-0.15, -0.1) is 0 Å². The smallest absolute Gasteiger partial charge is 0.416 e. The maximum Gasteiger partial charge on any atom is 0.416 e. The number of anilines is 1. The maximum absolute atomic E-state index is 12.4. The predicted octanol–water partition coefficient (Wildman–Crippen LogP) is 3.62. The summed E-state index contributed by atoms with van der Waals surface area (Å²) in [5.41, 5.74) is -1.20. The van der Waals surface area contributed by atoms with E-state index in [0.29, 0.717) is 12.1 Å². The van der Waals surface area contributed by atoms with E-state index in [9.17, 15) is 18.0 Å². The topological polar surface area (TPSA) is 49.3 Å². The first-order valence-electron chi connectivity index (χ1n) is 5.83. The van der Waals surface area contributed by atoms with Gasteiger partial charge in [0.05, 0.1) is 11.0 Å². The van der Waals surface area contributed by atoms with Gasteiger partial charge in [-0.3, -0.25) is 4.79 Å². The first-order valence-corrected chi connectivity index (χ1v) is 5.83. The minimum atomic E-state index is -4.36. The van der Waals surface area contributed by atoms with Crippen LogP contribution in [0.1, 0.15) is 25.8 Å². The zero-order valence-corrected chi connectivity index (χ0v) is 10.7. The fourth-order valence-corrected chi connectivity index (χ4v) is 1.43. The lowest BCUT2D eigenvalue weighted by Crippen LogP contribution is -2.34. The van der Waals surface area contributed by atoms with Crippen molar-refractivity contribution in [2.45, 2.75) is 26.4 Å². The van der Waals surface area contributed by atoms with E-state index < -0.39 is 23.1 Å². The number of aliphatic carboxylic acids is 1. The number of hydrogen-bond acceptors (Lipinski definition) is 2. The summed E-state index contributed by atoms with van der Waals surface area (Å²) in [5, 5.41) is 11.9. The minimum absolute atomic E-state index is 0.157. The van der Waals surface area contributed by atoms with E-state index >= 15 is 0 Å². The molecule has 1 rings (SSSR count). The molecule has 19 heavy (non-hydrogen) atoms. The molecular weight excluding hydrogens is 259 g/mol. The summed E-state index contributed by atoms with van der Waals surface area (Å²) in [4.78, 5) is 11.1. The lowest BCUT2D eigenvalue weighted by Gasteiger charge is -2.24. The number of nitrogens with one attached hydrogen (secondary N) is 1. The van der Waals surface area contributed by atoms with Gasteiger partial charge in [0, 0.05) is 12.2 Å². The average Bonchev–Trinajstić information content (AvgIpc) is 2.35. The predicted molar refractivity (Wildman–Crippen MR) is 66.0 cm³/mol. The van der Waals surface area contributed by atoms with E-state index in [0.717, 1.165) is 12.1 Å². The summed E-state index contributed by atoms with van der Waals surface area (Å²) in [7, 11) is 0. The Morgan fingerprint density at radius 2 is 1.79 bits per heavy atom. The highest BCUT2D eigenvalue weighted by atomic mass is 19.4. The summed E-state index contributed by atoms with van der Waals surface area (Å²) in [5.74, 6) is -0.936. The van der Waals surface area contributed by atoms with E-state index in [2.05, 4.69) is 5.32 Å². The molecule has 0 amide bonds. The van der Waals surface area contributed by atoms with Gasteiger partial charge in [-0.05, 0) is 37.6 Å². The molecule has 0 saturated carbocycles. The number of halogens is 3. The summed E-state index contributed by atoms with van der Waals surface area (Å²) in [6.07, 6.45) is -3.94. The van der Waals surface area contributed by atoms with Crippen molar-refractivity contribution in [3.05, 3.63) is 29.8 Å². The molecule has 0 fully saturated rings. The third-order valence-corrected chi connectivity index (χ3v) is 3.19. The molecule has 3 nitrogen and oxygen atoms in total. The van der Waals surface area contributed by atoms with Crippen LogP contribution in [-0.2, 0) is 11.0 Å². The van der Waals surface area contributed by atoms with Gasteiger partial charge in [-0.25, -0.2) is 0 Å². The summed E-state index contributed by atoms with van der Waals surface area (Å²) in [6.45, 7) is 3.50. The zero-order chi connectivity index (χ0) is 14.7. The Balaban J connectivity index is 2.72. The van der Waals surface area contributed by atoms with Crippen molar-refractivity contribution in [3.8, 4) is 0 Å². The molecule has 0 heterocycles. The first-order chi connectivity index (χ1) is 8.69. The number of alkyl halides is 3. The molecule has 0 aliphatic rings. The third-order valence-electron chi connectivity index (χ3n) is 3.19. The number of carbonyl (C=O) groups is 1. The Bertz CT molecular complexity index is 442. The van der Waals surface area contributed by atoms with Crippen LogP contribution < -0.4 is 5.32 Å². The second kappa shape index (κ2) is 5.50. The van der Waals surface area contributed by atoms with Crippen LogP contribution in [0.3, 0.4) is 0 Å². The molecule has 1 aromatic rings. The Hall–Kier alpha value is -1.72. The number of carboxylic acids is 1. The number of rotatable bonds is 5. The highest BCUT2D eigenvalue weighted by Crippen LogP contribution is 2.30. The van der Waals surface area contributed by atoms with Gasteiger partial charge < -0.3 is 10.4 Å². The van der Waals surface area contributed by atoms with Gasteiger partial charge in [0.2, 0.25) is 0 Å². The highest BCUT2D eigenvalue weighted by Gasteiger charge is 2.31. The molecule has 0 spiro atoms. The Kier molecular flexibility index (Phi) is 4.44. The third kappa shape index (κ3) is 3.87. The Morgan fingerprint density at radius 3 is 2.16 bits per heavy atom. The molecule has 1 unspecified atom stereocenters. The summed E-state index contributed by atoms with van der Waals surface area (Å²) in [6, 6.07) is 4.51. The number of hydrogen-bond donors (Lipinski definition) is 2. The number of carboxylic acid groups (broad SMARTS) is 1. The van der Waals surface area contributed by atoms with Gasteiger partial charge in [0.15, 0.2) is 0 Å². The van der Waals surface area contributed by atoms with Gasteiger partial charge in [-0.2, -0.15) is 13.2 Å². The van der Waals surface area contributed by atoms with Crippen molar-refractivity contribution in [3.63, 3.8) is 0 Å². The largest absolute Gasteiger partial charge is 0.481 e. The van der Waals surface area contributed by atoms with Crippen molar-refractivity contribution in [2.24, 2.45) is 5.41 Å². The Labute approximate surface area is 109 Å². The Morgan fingerprint density at radius 1 is 1.26 bits per heavy atom. The zero-order valence-electron chi connectivity index (χ0n) is 10.7. The minimum Gasteiger partial charge on any atom is -0.481 e. The quantitative estimate of drug-likeness (QED) is 0.863. The normalized spacial score (nSPS) is 14.8. The molecule has 2 N–H and O–H groups in total. The lowest BCUT2D eigenvalue weighted by molar-refractivity contribution is -0.147. The van der Waals surface area contributed by atoms with Crippen LogP contribution in [0.25, 0.3) is 0 Å². The van der Waals surface area contributed by atoms with E-state index in [1.807, 2.05) is 0 Å². The van der Waals surface area contributed by atoms with Crippen molar-refractivity contribution in [1.29, 1.82) is 0 Å². The molecule has 1 aromatic carbocycles. The van der Waals surface area contributed by atoms with Crippen molar-refractivity contribution in [2.75, 3.05) is 11.9 Å². The second-order valence-corrected chi connectivity index (χ2v) is 4.65. The molecule has 0 aliphatic heterocycles. The molecule has 0 saturated heterocycles. The monoisotopic (exact) mass is 275 g/mol. The molecule has 0 aliphatic carbocycles. The van der Waals surface area contributed by atoms with Crippen LogP contribution in [0.15, 0.2) is 24.3 Å². The van der Waals surface area contributed by atoms with E-state index in [1.165, 1.54) is 12.1 Å². The van der Waals surface area contributed by atoms with Gasteiger partial charge in [0.25, 0.3) is 0 Å². The SMILES string of the molecule is CCC(C)(CNc1ccc(C(F)(F)F)cc1)C(=O)O. The van der Waals surface area contributed by atoms with E-state index in [1.54, 1.807) is 13.8 Å². The molecule has 0 bridgehead atoms. The van der Waals surface area contributed by atoms with Crippen LogP contribution in [-0.4, -0.2) is 17.6 Å². The molecule has 0 aromatic heterocycles. The molecule has 6 heteroatoms. The van der Waals surface area contributed by atoms with E-state index in [4.69, 9.17) is 5.11 Å². The standard InChI is InChI=1S/C13H16F3NO2/c1-3-12(2,11(18)19)8-17-10-6-4-9(5-7-10)13(14,15)16/h4-7,17H,3,8H2,1-2H3,(H,18,19). The van der Waals surface area contributed by atoms with Crippen molar-refractivity contribution >= 4 is 11.7 Å². The van der Waals surface area contributed by atoms with Crippen LogP contribution in [0.2, 0.25) is 0 Å². The highest BCUT2D eigenvalue weighted by molar-refractivity contribution is 5.75. The molecule has 0 radical (unpaired) electrons. The maximum atomic E-state index is 12.4. The van der Waals surface area contributed by atoms with Gasteiger partial charge in [-0.1, -0.05) is 6.92 Å². The van der Waals surface area contributed by atoms with Crippen LogP contribution >= 0.6 is 0 Å². The molecule has 106 valence electrons. The van der Waals surface area contributed by atoms with Crippen LogP contribution in [0.4, 0.5) is 18.9 Å². The van der Waals surface area contributed by atoms with E-state index in [-0.39, 0.29) is 6.54 Å². The van der Waals surface area contributed by atoms with Crippen molar-refractivity contribution in [1.82, 2.24) is 0 Å². The fourth-order valence-electron chi connectivity index (χ4n) is 1.43. The summed E-state index contributed by atoms with van der Waals surface area (Å²) >= 11 is 0. The molecular formula is C13H16F3NO2. The summed E-state index contributed by atoms with van der Waals surface area (Å²) < 4.78 is 37.1. The van der Waals surface area contributed by atoms with Crippen LogP contribution in [0, 0.1) is 5.41 Å². The van der Waals surface area contributed by atoms with Gasteiger partial charge in [0.1, 0.15) is 0 Å². The second-order valence-electron chi connectivity index (χ2n) is 4.65. The number of benzene rings is 1. The van der Waals surface area contributed by atoms with Crippen molar-refractivity contribution < 1.29 is 23.1 Å². The first kappa shape index (κ1) is 15.3. The average molecular weight is 275 g/mol. The van der Waals surface area contributed by atoms with Crippen LogP contribution in [0.5, 0.6) is 0 Å². The fraction of sp³-hybridized carbons (Fsp3) is 0.462. The lowest BCUT2D eigenvalue weighted by atomic mass is 9.87. The van der Waals surface area contributed by atoms with Gasteiger partial charge >= 0.3 is 12.1 Å². The molecule has 1 atom stereocenters.